The van der Waals surface area contributed by atoms with Gasteiger partial charge in [-0.2, -0.15) is 4.99 Å². The minimum atomic E-state index is -0.372. The standard InChI is InChI=1S/C19H19FN2O2S/c1-3-4-11-24-14-8-5-7-13(12-14)18(23)21-19-22(2)17-15(20)9-6-10-16(17)25-19/h5-10,12H,3-4,11H2,1-2H3. The monoisotopic (exact) mass is 358 g/mol. The molecule has 4 nitrogen and oxygen atoms in total. The van der Waals surface area contributed by atoms with Crippen molar-refractivity contribution < 1.29 is 13.9 Å². The molecule has 1 aromatic heterocycles. The van der Waals surface area contributed by atoms with E-state index >= 15 is 0 Å². The van der Waals surface area contributed by atoms with Crippen LogP contribution in [0.25, 0.3) is 10.2 Å². The number of para-hydroxylation sites is 1. The summed E-state index contributed by atoms with van der Waals surface area (Å²) < 4.78 is 22.0. The number of ether oxygens (including phenoxy) is 1. The summed E-state index contributed by atoms with van der Waals surface area (Å²) in [6, 6.07) is 11.8. The fraction of sp³-hybridized carbons (Fsp3) is 0.263. The van der Waals surface area contributed by atoms with Gasteiger partial charge in [0, 0.05) is 12.6 Å². The predicted octanol–water partition coefficient (Wildman–Crippen LogP) is 4.30. The maximum absolute atomic E-state index is 14.0. The van der Waals surface area contributed by atoms with Gasteiger partial charge in [-0.15, -0.1) is 0 Å². The number of unbranched alkanes of at least 4 members (excludes halogenated alkanes) is 1. The van der Waals surface area contributed by atoms with Gasteiger partial charge < -0.3 is 9.30 Å². The van der Waals surface area contributed by atoms with E-state index < -0.39 is 0 Å². The van der Waals surface area contributed by atoms with Crippen molar-refractivity contribution in [2.24, 2.45) is 12.0 Å². The van der Waals surface area contributed by atoms with Crippen molar-refractivity contribution in [1.29, 1.82) is 0 Å². The van der Waals surface area contributed by atoms with E-state index in [2.05, 4.69) is 11.9 Å². The number of hydrogen-bond donors (Lipinski definition) is 0. The van der Waals surface area contributed by atoms with Crippen molar-refractivity contribution in [3.8, 4) is 5.75 Å². The van der Waals surface area contributed by atoms with Crippen molar-refractivity contribution in [3.63, 3.8) is 0 Å². The smallest absolute Gasteiger partial charge is 0.279 e. The van der Waals surface area contributed by atoms with Gasteiger partial charge in [-0.25, -0.2) is 4.39 Å². The number of carbonyl (C=O) groups excluding carboxylic acids is 1. The van der Waals surface area contributed by atoms with Gasteiger partial charge >= 0.3 is 0 Å². The fourth-order valence-corrected chi connectivity index (χ4v) is 3.50. The van der Waals surface area contributed by atoms with Gasteiger partial charge in [0.15, 0.2) is 4.80 Å². The lowest BCUT2D eigenvalue weighted by molar-refractivity contribution is 0.0997. The lowest BCUT2D eigenvalue weighted by Gasteiger charge is -2.05. The van der Waals surface area contributed by atoms with Gasteiger partial charge in [0.2, 0.25) is 0 Å². The second-order valence-corrected chi connectivity index (χ2v) is 6.69. The van der Waals surface area contributed by atoms with Crippen molar-refractivity contribution in [3.05, 3.63) is 58.6 Å². The van der Waals surface area contributed by atoms with Gasteiger partial charge in [0.25, 0.3) is 5.91 Å². The third kappa shape index (κ3) is 3.79. The molecule has 2 aromatic carbocycles. The quantitative estimate of drug-likeness (QED) is 0.638. The van der Waals surface area contributed by atoms with Crippen LogP contribution in [0.3, 0.4) is 0 Å². The number of aryl methyl sites for hydroxylation is 1. The van der Waals surface area contributed by atoms with Crippen LogP contribution in [0, 0.1) is 5.82 Å². The highest BCUT2D eigenvalue weighted by molar-refractivity contribution is 7.16. The first kappa shape index (κ1) is 17.4. The number of fused-ring (bicyclic) bond motifs is 1. The molecule has 130 valence electrons. The molecular weight excluding hydrogens is 339 g/mol. The van der Waals surface area contributed by atoms with Gasteiger partial charge in [0.1, 0.15) is 11.6 Å². The summed E-state index contributed by atoms with van der Waals surface area (Å²) in [5.41, 5.74) is 0.905. The number of aromatic nitrogens is 1. The molecule has 1 heterocycles. The number of thiazole rings is 1. The molecule has 0 atom stereocenters. The van der Waals surface area contributed by atoms with Gasteiger partial charge in [-0.1, -0.05) is 36.8 Å². The average Bonchev–Trinajstić information content (AvgIpc) is 2.92. The minimum absolute atomic E-state index is 0.323. The van der Waals surface area contributed by atoms with Crippen LogP contribution in [0.1, 0.15) is 30.1 Å². The molecule has 6 heteroatoms. The second-order valence-electron chi connectivity index (χ2n) is 5.68. The van der Waals surface area contributed by atoms with Crippen LogP contribution in [0.5, 0.6) is 5.75 Å². The van der Waals surface area contributed by atoms with Gasteiger partial charge in [-0.3, -0.25) is 4.79 Å². The number of carbonyl (C=O) groups is 1. The Hall–Kier alpha value is -2.47. The molecule has 1 amide bonds. The van der Waals surface area contributed by atoms with Crippen molar-refractivity contribution in [2.45, 2.75) is 19.8 Å². The van der Waals surface area contributed by atoms with Crippen LogP contribution in [0.2, 0.25) is 0 Å². The van der Waals surface area contributed by atoms with E-state index in [1.54, 1.807) is 35.9 Å². The summed E-state index contributed by atoms with van der Waals surface area (Å²) in [4.78, 5) is 17.1. The number of hydrogen-bond acceptors (Lipinski definition) is 3. The minimum Gasteiger partial charge on any atom is -0.494 e. The predicted molar refractivity (Wildman–Crippen MR) is 97.5 cm³/mol. The highest BCUT2D eigenvalue weighted by Crippen LogP contribution is 2.19. The number of halogens is 1. The first-order chi connectivity index (χ1) is 12.1. The maximum Gasteiger partial charge on any atom is 0.279 e. The lowest BCUT2D eigenvalue weighted by Crippen LogP contribution is -2.13. The Morgan fingerprint density at radius 2 is 2.08 bits per heavy atom. The molecule has 3 rings (SSSR count). The first-order valence-electron chi connectivity index (χ1n) is 8.16. The van der Waals surface area contributed by atoms with Gasteiger partial charge in [0.05, 0.1) is 16.8 Å². The molecular formula is C19H19FN2O2S. The largest absolute Gasteiger partial charge is 0.494 e. The highest BCUT2D eigenvalue weighted by atomic mass is 32.1. The normalized spacial score (nSPS) is 11.9. The zero-order chi connectivity index (χ0) is 17.8. The zero-order valence-corrected chi connectivity index (χ0v) is 15.0. The van der Waals surface area contributed by atoms with Crippen LogP contribution in [0.15, 0.2) is 47.5 Å². The van der Waals surface area contributed by atoms with Gasteiger partial charge in [-0.05, 0) is 36.8 Å². The van der Waals surface area contributed by atoms with Crippen molar-refractivity contribution in [2.75, 3.05) is 6.61 Å². The summed E-state index contributed by atoms with van der Waals surface area (Å²) in [5, 5.41) is 0. The molecule has 0 fully saturated rings. The topological polar surface area (TPSA) is 43.6 Å². The molecule has 3 aromatic rings. The molecule has 0 bridgehead atoms. The molecule has 0 saturated heterocycles. The summed E-state index contributed by atoms with van der Waals surface area (Å²) in [6.07, 6.45) is 2.01. The van der Waals surface area contributed by atoms with E-state index in [0.717, 1.165) is 17.5 Å². The van der Waals surface area contributed by atoms with Crippen LogP contribution in [0.4, 0.5) is 4.39 Å². The summed E-state index contributed by atoms with van der Waals surface area (Å²) >= 11 is 1.29. The molecule has 0 aliphatic rings. The fourth-order valence-electron chi connectivity index (χ4n) is 2.47. The van der Waals surface area contributed by atoms with Crippen molar-refractivity contribution >= 4 is 27.5 Å². The Morgan fingerprint density at radius 1 is 1.28 bits per heavy atom. The molecule has 0 aliphatic heterocycles. The Balaban J connectivity index is 1.92. The Kier molecular flexibility index (Phi) is 5.28. The molecule has 0 radical (unpaired) electrons. The lowest BCUT2D eigenvalue weighted by atomic mass is 10.2. The average molecular weight is 358 g/mol. The molecule has 0 unspecified atom stereocenters. The van der Waals surface area contributed by atoms with E-state index in [-0.39, 0.29) is 11.7 Å². The molecule has 25 heavy (non-hydrogen) atoms. The van der Waals surface area contributed by atoms with Crippen LogP contribution in [-0.2, 0) is 7.05 Å². The summed E-state index contributed by atoms with van der Waals surface area (Å²) in [7, 11) is 1.71. The van der Waals surface area contributed by atoms with E-state index in [0.29, 0.717) is 28.2 Å². The van der Waals surface area contributed by atoms with Crippen LogP contribution < -0.4 is 9.54 Å². The number of nitrogens with zero attached hydrogens (tertiary/aromatic N) is 2. The molecule has 0 spiro atoms. The Labute approximate surface area is 149 Å². The Morgan fingerprint density at radius 3 is 2.84 bits per heavy atom. The third-order valence-corrected chi connectivity index (χ3v) is 4.92. The van der Waals surface area contributed by atoms with Crippen LogP contribution >= 0.6 is 11.3 Å². The van der Waals surface area contributed by atoms with E-state index in [1.165, 1.54) is 17.4 Å². The van der Waals surface area contributed by atoms with Crippen molar-refractivity contribution in [1.82, 2.24) is 4.57 Å². The maximum atomic E-state index is 14.0. The Bertz CT molecular complexity index is 975. The summed E-state index contributed by atoms with van der Waals surface area (Å²) in [5.74, 6) is -0.0405. The number of rotatable bonds is 5. The zero-order valence-electron chi connectivity index (χ0n) is 14.2. The number of amides is 1. The molecule has 0 N–H and O–H groups in total. The molecule has 0 aliphatic carbocycles. The SMILES string of the molecule is CCCCOc1cccc(C(=O)N=c2sc3cccc(F)c3n2C)c1. The second kappa shape index (κ2) is 7.61. The number of benzene rings is 2. The van der Waals surface area contributed by atoms with E-state index in [1.807, 2.05) is 12.1 Å². The third-order valence-electron chi connectivity index (χ3n) is 3.82. The molecule has 0 saturated carbocycles. The summed E-state index contributed by atoms with van der Waals surface area (Å²) in [6.45, 7) is 2.71. The van der Waals surface area contributed by atoms with E-state index in [4.69, 9.17) is 4.74 Å². The first-order valence-corrected chi connectivity index (χ1v) is 8.97. The van der Waals surface area contributed by atoms with E-state index in [9.17, 15) is 9.18 Å². The van der Waals surface area contributed by atoms with Crippen LogP contribution in [-0.4, -0.2) is 17.1 Å². The highest BCUT2D eigenvalue weighted by Gasteiger charge is 2.10.